The monoisotopic (exact) mass is 518 g/mol. The Bertz CT molecular complexity index is 1100. The van der Waals surface area contributed by atoms with Crippen molar-refractivity contribution in [2.75, 3.05) is 0 Å². The molecule has 1 aliphatic heterocycles. The highest BCUT2D eigenvalue weighted by Crippen LogP contribution is 2.66. The van der Waals surface area contributed by atoms with Crippen LogP contribution in [0.15, 0.2) is 30.3 Å². The van der Waals surface area contributed by atoms with Crippen LogP contribution in [0.25, 0.3) is 0 Å². The van der Waals surface area contributed by atoms with Crippen LogP contribution in [0.3, 0.4) is 0 Å². The maximum absolute atomic E-state index is 13.3. The Morgan fingerprint density at radius 2 is 1.51 bits per heavy atom. The Morgan fingerprint density at radius 1 is 0.892 bits per heavy atom. The smallest absolute Gasteiger partial charge is 0.338 e. The van der Waals surface area contributed by atoms with Crippen molar-refractivity contribution in [2.24, 2.45) is 5.92 Å². The van der Waals surface area contributed by atoms with Crippen molar-refractivity contribution in [3.63, 3.8) is 0 Å². The molecule has 1 N–H and O–H groups in total. The number of ether oxygens (including phenoxy) is 5. The zero-order chi connectivity index (χ0) is 27.4. The number of carbonyl (C=O) groups is 4. The third-order valence-electron chi connectivity index (χ3n) is 7.95. The van der Waals surface area contributed by atoms with Crippen LogP contribution in [0, 0.1) is 5.92 Å². The van der Waals surface area contributed by atoms with Crippen molar-refractivity contribution < 1.29 is 48.0 Å². The predicted molar refractivity (Wildman–Crippen MR) is 127 cm³/mol. The van der Waals surface area contributed by atoms with Gasteiger partial charge in [0.25, 0.3) is 0 Å². The zero-order valence-electron chi connectivity index (χ0n) is 21.9. The molecule has 1 aromatic rings. The van der Waals surface area contributed by atoms with Gasteiger partial charge in [0.2, 0.25) is 5.60 Å². The number of rotatable bonds is 5. The molecule has 0 unspecified atom stereocenters. The number of hydrogen-bond acceptors (Lipinski definition) is 10. The molecule has 2 bridgehead atoms. The second-order valence-corrected chi connectivity index (χ2v) is 10.9. The van der Waals surface area contributed by atoms with Gasteiger partial charge in [-0.05, 0) is 52.2 Å². The predicted octanol–water partition coefficient (Wildman–Crippen LogP) is 2.49. The minimum atomic E-state index is -2.03. The number of fused-ring (bicyclic) bond motifs is 1. The number of aliphatic hydroxyl groups is 1. The van der Waals surface area contributed by atoms with Crippen LogP contribution in [0.1, 0.15) is 71.2 Å². The number of carbonyl (C=O) groups excluding carboxylic acids is 4. The van der Waals surface area contributed by atoms with Crippen molar-refractivity contribution in [1.82, 2.24) is 0 Å². The van der Waals surface area contributed by atoms with E-state index >= 15 is 0 Å². The Kier molecular flexibility index (Phi) is 6.65. The molecule has 2 aliphatic carbocycles. The molecule has 0 aromatic heterocycles. The molecule has 202 valence electrons. The Labute approximate surface area is 215 Å². The third kappa shape index (κ3) is 4.10. The van der Waals surface area contributed by atoms with E-state index < -0.39 is 70.5 Å². The molecule has 2 saturated carbocycles. The zero-order valence-corrected chi connectivity index (χ0v) is 21.9. The van der Waals surface area contributed by atoms with E-state index in [1.165, 1.54) is 27.7 Å². The van der Waals surface area contributed by atoms with E-state index in [-0.39, 0.29) is 24.8 Å². The summed E-state index contributed by atoms with van der Waals surface area (Å²) in [5.74, 6) is -3.32. The summed E-state index contributed by atoms with van der Waals surface area (Å²) in [6.45, 7) is 8.66. The first-order valence-electron chi connectivity index (χ1n) is 12.4. The van der Waals surface area contributed by atoms with Crippen LogP contribution < -0.4 is 0 Å². The third-order valence-corrected chi connectivity index (χ3v) is 7.95. The Balaban J connectivity index is 1.99. The van der Waals surface area contributed by atoms with E-state index in [2.05, 4.69) is 0 Å². The van der Waals surface area contributed by atoms with E-state index in [9.17, 15) is 24.3 Å². The van der Waals surface area contributed by atoms with Gasteiger partial charge in [-0.1, -0.05) is 18.2 Å². The minimum Gasteiger partial charge on any atom is -0.459 e. The number of hydrogen-bond donors (Lipinski definition) is 1. The van der Waals surface area contributed by atoms with Crippen LogP contribution in [0.4, 0.5) is 0 Å². The Hall–Kier alpha value is -2.98. The average molecular weight is 519 g/mol. The maximum Gasteiger partial charge on any atom is 0.338 e. The van der Waals surface area contributed by atoms with Crippen molar-refractivity contribution in [3.8, 4) is 0 Å². The molecule has 7 atom stereocenters. The van der Waals surface area contributed by atoms with E-state index in [0.717, 1.165) is 0 Å². The molecule has 1 heterocycles. The fourth-order valence-corrected chi connectivity index (χ4v) is 6.69. The molecule has 0 amide bonds. The first kappa shape index (κ1) is 27.1. The van der Waals surface area contributed by atoms with Gasteiger partial charge in [-0.15, -0.1) is 0 Å². The summed E-state index contributed by atoms with van der Waals surface area (Å²) < 4.78 is 30.2. The van der Waals surface area contributed by atoms with Crippen LogP contribution in [-0.2, 0) is 38.1 Å². The molecule has 3 aliphatic rings. The molecule has 1 aromatic carbocycles. The molecular weight excluding hydrogens is 484 g/mol. The molecule has 0 radical (unpaired) electrons. The lowest BCUT2D eigenvalue weighted by molar-refractivity contribution is -0.356. The van der Waals surface area contributed by atoms with Gasteiger partial charge >= 0.3 is 23.9 Å². The normalized spacial score (nSPS) is 37.6. The summed E-state index contributed by atoms with van der Waals surface area (Å²) >= 11 is 0. The van der Waals surface area contributed by atoms with E-state index in [1.807, 2.05) is 0 Å². The summed E-state index contributed by atoms with van der Waals surface area (Å²) in [4.78, 5) is 50.6. The highest BCUT2D eigenvalue weighted by atomic mass is 16.7. The van der Waals surface area contributed by atoms with E-state index in [0.29, 0.717) is 0 Å². The van der Waals surface area contributed by atoms with Crippen molar-refractivity contribution >= 4 is 23.9 Å². The lowest BCUT2D eigenvalue weighted by Crippen LogP contribution is -2.84. The SMILES string of the molecule is CC(=O)O[C@H]1CC[C@](C)(O)[C@]23OC(C)(C)[C@H](C[C@H](OC(=O)c4ccccc4)[C@]12OC(C)=O)[C@H]3OC(C)=O. The van der Waals surface area contributed by atoms with Gasteiger partial charge in [-0.25, -0.2) is 4.79 Å². The standard InChI is InChI=1S/C27H34O10/c1-15(28)33-20-12-13-25(6,32)27-22(34-16(2)29)19(24(4,5)37-27)14-21(26(20,27)36-17(3)30)35-23(31)18-10-8-7-9-11-18/h7-11,19-22,32H,12-14H2,1-6H3/t19-,20+,21+,22-,25+,26-,27+/m1/s1. The van der Waals surface area contributed by atoms with Crippen LogP contribution in [0.2, 0.25) is 0 Å². The molecule has 1 saturated heterocycles. The summed E-state index contributed by atoms with van der Waals surface area (Å²) in [7, 11) is 0. The summed E-state index contributed by atoms with van der Waals surface area (Å²) in [6, 6.07) is 8.27. The molecule has 3 fully saturated rings. The summed E-state index contributed by atoms with van der Waals surface area (Å²) in [5, 5.41) is 12.0. The van der Waals surface area contributed by atoms with Gasteiger partial charge in [0.1, 0.15) is 18.3 Å². The van der Waals surface area contributed by atoms with Crippen molar-refractivity contribution in [1.29, 1.82) is 0 Å². The Morgan fingerprint density at radius 3 is 2.08 bits per heavy atom. The van der Waals surface area contributed by atoms with Gasteiger partial charge in [-0.3, -0.25) is 14.4 Å². The maximum atomic E-state index is 13.3. The van der Waals surface area contributed by atoms with Gasteiger partial charge in [0, 0.05) is 26.7 Å². The molecule has 4 rings (SSSR count). The van der Waals surface area contributed by atoms with Gasteiger partial charge in [0.05, 0.1) is 16.8 Å². The van der Waals surface area contributed by atoms with Crippen molar-refractivity contribution in [3.05, 3.63) is 35.9 Å². The summed E-state index contributed by atoms with van der Waals surface area (Å²) in [5.41, 5.74) is -6.45. The largest absolute Gasteiger partial charge is 0.459 e. The van der Waals surface area contributed by atoms with E-state index in [4.69, 9.17) is 23.7 Å². The van der Waals surface area contributed by atoms with Crippen molar-refractivity contribution in [2.45, 2.75) is 102 Å². The second kappa shape index (κ2) is 9.09. The fraction of sp³-hybridized carbons (Fsp3) is 0.630. The lowest BCUT2D eigenvalue weighted by atomic mass is 9.52. The second-order valence-electron chi connectivity index (χ2n) is 10.9. The molecule has 37 heavy (non-hydrogen) atoms. The quantitative estimate of drug-likeness (QED) is 0.457. The molecule has 10 nitrogen and oxygen atoms in total. The van der Waals surface area contributed by atoms with Crippen LogP contribution in [0.5, 0.6) is 0 Å². The molecule has 10 heteroatoms. The molecular formula is C27H34O10. The first-order chi connectivity index (χ1) is 17.2. The highest BCUT2D eigenvalue weighted by Gasteiger charge is 2.86. The van der Waals surface area contributed by atoms with Gasteiger partial charge in [-0.2, -0.15) is 0 Å². The van der Waals surface area contributed by atoms with Crippen LogP contribution in [-0.4, -0.2) is 69.7 Å². The highest BCUT2D eigenvalue weighted by molar-refractivity contribution is 5.89. The minimum absolute atomic E-state index is 0.0480. The first-order valence-corrected chi connectivity index (χ1v) is 12.4. The average Bonchev–Trinajstić information content (AvgIpc) is 2.95. The fourth-order valence-electron chi connectivity index (χ4n) is 6.69. The molecule has 1 spiro atoms. The van der Waals surface area contributed by atoms with Gasteiger partial charge < -0.3 is 28.8 Å². The summed E-state index contributed by atoms with van der Waals surface area (Å²) in [6.07, 6.45) is -3.29. The van der Waals surface area contributed by atoms with Gasteiger partial charge in [0.15, 0.2) is 5.60 Å². The van der Waals surface area contributed by atoms with Crippen LogP contribution >= 0.6 is 0 Å². The topological polar surface area (TPSA) is 135 Å². The number of benzene rings is 1. The van der Waals surface area contributed by atoms with E-state index in [1.54, 1.807) is 44.2 Å². The number of esters is 4. The lowest BCUT2D eigenvalue weighted by Gasteiger charge is -2.63.